The van der Waals surface area contributed by atoms with Gasteiger partial charge in [0.2, 0.25) is 0 Å². The van der Waals surface area contributed by atoms with E-state index < -0.39 is 6.10 Å². The summed E-state index contributed by atoms with van der Waals surface area (Å²) < 4.78 is 17.2. The second kappa shape index (κ2) is 9.48. The van der Waals surface area contributed by atoms with E-state index in [1.54, 1.807) is 0 Å². The average Bonchev–Trinajstić information content (AvgIpc) is 2.77. The van der Waals surface area contributed by atoms with Crippen LogP contribution in [0, 0.1) is 0 Å². The minimum absolute atomic E-state index is 0.294. The van der Waals surface area contributed by atoms with Crippen molar-refractivity contribution in [3.63, 3.8) is 0 Å². The lowest BCUT2D eigenvalue weighted by molar-refractivity contribution is -0.203. The lowest BCUT2D eigenvalue weighted by Crippen LogP contribution is -2.42. The summed E-state index contributed by atoms with van der Waals surface area (Å²) in [5.41, 5.74) is 4.57. The zero-order valence-electron chi connectivity index (χ0n) is 16.1. The predicted octanol–water partition coefficient (Wildman–Crippen LogP) is 4.19. The number of benzene rings is 2. The van der Waals surface area contributed by atoms with Gasteiger partial charge in [-0.2, -0.15) is 0 Å². The first-order valence-corrected chi connectivity index (χ1v) is 10.3. The van der Waals surface area contributed by atoms with E-state index in [0.29, 0.717) is 36.2 Å². The highest BCUT2D eigenvalue weighted by atomic mass is 35.5. The zero-order chi connectivity index (χ0) is 20.1. The highest BCUT2D eigenvalue weighted by Crippen LogP contribution is 2.32. The number of nitrogens with one attached hydrogen (secondary N) is 1. The summed E-state index contributed by atoms with van der Waals surface area (Å²) in [4.78, 5) is 17.8. The Labute approximate surface area is 175 Å². The molecule has 0 spiro atoms. The Kier molecular flexibility index (Phi) is 6.54. The number of hydrogen-bond acceptors (Lipinski definition) is 5. The van der Waals surface area contributed by atoms with Crippen molar-refractivity contribution < 1.29 is 23.8 Å². The highest BCUT2D eigenvalue weighted by Gasteiger charge is 2.27. The van der Waals surface area contributed by atoms with Gasteiger partial charge in [-0.25, -0.2) is 10.3 Å². The van der Waals surface area contributed by atoms with Crippen LogP contribution in [0.2, 0.25) is 5.02 Å². The Morgan fingerprint density at radius 2 is 2.00 bits per heavy atom. The number of ether oxygens (including phenoxy) is 3. The number of hydrogen-bond donors (Lipinski definition) is 1. The van der Waals surface area contributed by atoms with Crippen LogP contribution in [-0.4, -0.2) is 24.9 Å². The van der Waals surface area contributed by atoms with Crippen molar-refractivity contribution in [2.75, 3.05) is 6.61 Å². The van der Waals surface area contributed by atoms with Crippen molar-refractivity contribution in [1.29, 1.82) is 0 Å². The minimum atomic E-state index is -0.599. The lowest BCUT2D eigenvalue weighted by atomic mass is 10.0. The maximum atomic E-state index is 12.4. The van der Waals surface area contributed by atoms with Gasteiger partial charge >= 0.3 is 0 Å². The van der Waals surface area contributed by atoms with Crippen molar-refractivity contribution in [1.82, 2.24) is 5.48 Å². The molecule has 2 aromatic carbocycles. The normalized spacial score (nSPS) is 21.0. The second-order valence-electron chi connectivity index (χ2n) is 7.21. The predicted molar refractivity (Wildman–Crippen MR) is 108 cm³/mol. The van der Waals surface area contributed by atoms with E-state index in [4.69, 9.17) is 30.6 Å². The molecule has 2 aromatic rings. The Bertz CT molecular complexity index is 836. The molecule has 2 unspecified atom stereocenters. The molecule has 0 aliphatic carbocycles. The van der Waals surface area contributed by atoms with Crippen LogP contribution in [0.3, 0.4) is 0 Å². The quantitative estimate of drug-likeness (QED) is 0.714. The second-order valence-corrected chi connectivity index (χ2v) is 7.65. The van der Waals surface area contributed by atoms with E-state index in [0.717, 1.165) is 36.8 Å². The Balaban J connectivity index is 1.32. The summed E-state index contributed by atoms with van der Waals surface area (Å²) in [7, 11) is 0. The van der Waals surface area contributed by atoms with Crippen molar-refractivity contribution in [3.05, 3.63) is 58.6 Å². The average molecular weight is 418 g/mol. The molecule has 7 heteroatoms. The van der Waals surface area contributed by atoms with Crippen LogP contribution < -0.4 is 15.0 Å². The molecule has 29 heavy (non-hydrogen) atoms. The number of carbonyl (C=O) groups excluding carboxylic acids is 1. The van der Waals surface area contributed by atoms with Gasteiger partial charge < -0.3 is 14.2 Å². The number of rotatable bonds is 6. The topological polar surface area (TPSA) is 66.0 Å². The van der Waals surface area contributed by atoms with Crippen molar-refractivity contribution >= 4 is 17.5 Å². The lowest BCUT2D eigenvalue weighted by Gasteiger charge is -2.27. The van der Waals surface area contributed by atoms with Gasteiger partial charge in [-0.15, -0.1) is 0 Å². The number of fused-ring (bicyclic) bond motifs is 1. The summed E-state index contributed by atoms with van der Waals surface area (Å²) in [5.74, 6) is 1.06. The van der Waals surface area contributed by atoms with Gasteiger partial charge in [0.1, 0.15) is 18.1 Å². The van der Waals surface area contributed by atoms with Gasteiger partial charge in [0.15, 0.2) is 12.4 Å². The SMILES string of the molecule is O=C(NOC1CCCCO1)C1CCc2ccc(OCc3ccc(Cl)cc3)cc2O1. The fourth-order valence-electron chi connectivity index (χ4n) is 3.37. The van der Waals surface area contributed by atoms with Crippen LogP contribution in [0.15, 0.2) is 42.5 Å². The molecule has 4 rings (SSSR count). The number of halogens is 1. The van der Waals surface area contributed by atoms with E-state index in [2.05, 4.69) is 5.48 Å². The maximum Gasteiger partial charge on any atom is 0.284 e. The Morgan fingerprint density at radius 1 is 1.14 bits per heavy atom. The van der Waals surface area contributed by atoms with Crippen molar-refractivity contribution in [2.24, 2.45) is 0 Å². The first-order chi connectivity index (χ1) is 14.2. The molecule has 1 saturated heterocycles. The van der Waals surface area contributed by atoms with Gasteiger partial charge in [-0.3, -0.25) is 4.79 Å². The fraction of sp³-hybridized carbons (Fsp3) is 0.409. The minimum Gasteiger partial charge on any atom is -0.489 e. The molecule has 1 N–H and O–H groups in total. The fourth-order valence-corrected chi connectivity index (χ4v) is 3.49. The molecule has 2 heterocycles. The van der Waals surface area contributed by atoms with E-state index in [1.165, 1.54) is 0 Å². The van der Waals surface area contributed by atoms with Crippen LogP contribution in [0.5, 0.6) is 11.5 Å². The third-order valence-corrected chi connectivity index (χ3v) is 5.28. The largest absolute Gasteiger partial charge is 0.489 e. The third kappa shape index (κ3) is 5.41. The van der Waals surface area contributed by atoms with Gasteiger partial charge in [-0.1, -0.05) is 29.8 Å². The van der Waals surface area contributed by atoms with E-state index in [1.807, 2.05) is 42.5 Å². The molecule has 0 bridgehead atoms. The van der Waals surface area contributed by atoms with Crippen molar-refractivity contribution in [3.8, 4) is 11.5 Å². The number of carbonyl (C=O) groups is 1. The summed E-state index contributed by atoms with van der Waals surface area (Å²) >= 11 is 5.91. The molecule has 2 aliphatic heterocycles. The first-order valence-electron chi connectivity index (χ1n) is 9.91. The number of aryl methyl sites for hydroxylation is 1. The van der Waals surface area contributed by atoms with E-state index in [9.17, 15) is 4.79 Å². The molecule has 2 aliphatic rings. The molecule has 0 radical (unpaired) electrons. The first kappa shape index (κ1) is 20.0. The molecular weight excluding hydrogens is 394 g/mol. The molecule has 1 fully saturated rings. The van der Waals surface area contributed by atoms with Gasteiger partial charge in [0, 0.05) is 24.1 Å². The van der Waals surface area contributed by atoms with Crippen LogP contribution in [0.1, 0.15) is 36.8 Å². The molecule has 0 aromatic heterocycles. The van der Waals surface area contributed by atoms with Gasteiger partial charge in [0.05, 0.1) is 0 Å². The van der Waals surface area contributed by atoms with Crippen LogP contribution in [0.25, 0.3) is 0 Å². The van der Waals surface area contributed by atoms with E-state index in [-0.39, 0.29) is 12.2 Å². The smallest absolute Gasteiger partial charge is 0.284 e. The number of hydroxylamine groups is 1. The summed E-state index contributed by atoms with van der Waals surface area (Å²) in [6.45, 7) is 1.09. The molecule has 6 nitrogen and oxygen atoms in total. The highest BCUT2D eigenvalue weighted by molar-refractivity contribution is 6.30. The number of amides is 1. The molecule has 154 valence electrons. The molecular formula is C22H24ClNO5. The third-order valence-electron chi connectivity index (χ3n) is 5.02. The van der Waals surface area contributed by atoms with E-state index >= 15 is 0 Å². The standard InChI is InChI=1S/C22H24ClNO5/c23-17-8-4-15(5-9-17)14-27-18-10-6-16-7-11-19(28-20(16)13-18)22(25)24-29-21-3-1-2-12-26-21/h4-6,8-10,13,19,21H,1-3,7,11-12,14H2,(H,24,25). The van der Waals surface area contributed by atoms with Crippen LogP contribution in [-0.2, 0) is 27.4 Å². The molecule has 2 atom stereocenters. The van der Waals surface area contributed by atoms with Gasteiger partial charge in [0.25, 0.3) is 5.91 Å². The van der Waals surface area contributed by atoms with Crippen LogP contribution in [0.4, 0.5) is 0 Å². The molecule has 0 saturated carbocycles. The van der Waals surface area contributed by atoms with Gasteiger partial charge in [-0.05, 0) is 55.0 Å². The summed E-state index contributed by atoms with van der Waals surface area (Å²) in [6, 6.07) is 13.2. The monoisotopic (exact) mass is 417 g/mol. The molecule has 1 amide bonds. The summed E-state index contributed by atoms with van der Waals surface area (Å²) in [6.07, 6.45) is 3.21. The van der Waals surface area contributed by atoms with Crippen molar-refractivity contribution in [2.45, 2.75) is 51.1 Å². The Morgan fingerprint density at radius 3 is 2.79 bits per heavy atom. The summed E-state index contributed by atoms with van der Waals surface area (Å²) in [5, 5.41) is 0.694. The Hall–Kier alpha value is -2.28. The zero-order valence-corrected chi connectivity index (χ0v) is 16.8. The maximum absolute atomic E-state index is 12.4. The van der Waals surface area contributed by atoms with Crippen LogP contribution >= 0.6 is 11.6 Å².